The first-order valence-electron chi connectivity index (χ1n) is 5.90. The summed E-state index contributed by atoms with van der Waals surface area (Å²) in [5.41, 5.74) is 6.49. The van der Waals surface area contributed by atoms with Crippen molar-refractivity contribution in [3.8, 4) is 0 Å². The number of hydrogen-bond donors (Lipinski definition) is 2. The van der Waals surface area contributed by atoms with E-state index in [4.69, 9.17) is 5.73 Å². The van der Waals surface area contributed by atoms with Gasteiger partial charge in [0, 0.05) is 12.1 Å². The van der Waals surface area contributed by atoms with Crippen LogP contribution in [-0.2, 0) is 15.0 Å². The average Bonchev–Trinajstić information content (AvgIpc) is 2.34. The van der Waals surface area contributed by atoms with Crippen LogP contribution in [0.1, 0.15) is 24.8 Å². The van der Waals surface area contributed by atoms with E-state index < -0.39 is 5.41 Å². The van der Waals surface area contributed by atoms with Gasteiger partial charge in [-0.05, 0) is 30.5 Å². The molecule has 0 spiro atoms. The summed E-state index contributed by atoms with van der Waals surface area (Å²) in [6.07, 6.45) is 3.08. The Morgan fingerprint density at radius 1 is 1.33 bits per heavy atom. The zero-order valence-electron chi connectivity index (χ0n) is 10.1. The standard InChI is InChI=1S/C14H16N2O2/c1-2-8-14(9-7-12(17)16-13(14)18)10-3-5-11(15)6-4-10/h2-6H,1,7-9,15H2,(H,16,17,18). The van der Waals surface area contributed by atoms with Crippen LogP contribution in [0.15, 0.2) is 36.9 Å². The lowest BCUT2D eigenvalue weighted by atomic mass is 9.71. The first-order valence-corrected chi connectivity index (χ1v) is 5.90. The van der Waals surface area contributed by atoms with Gasteiger partial charge in [0.15, 0.2) is 0 Å². The summed E-state index contributed by atoms with van der Waals surface area (Å²) in [6, 6.07) is 7.22. The van der Waals surface area contributed by atoms with Gasteiger partial charge in [0.25, 0.3) is 0 Å². The SMILES string of the molecule is C=CCC1(c2ccc(N)cc2)CCC(=O)NC1=O. The number of anilines is 1. The number of carbonyl (C=O) groups excluding carboxylic acids is 2. The lowest BCUT2D eigenvalue weighted by molar-refractivity contribution is -0.137. The quantitative estimate of drug-likeness (QED) is 0.481. The van der Waals surface area contributed by atoms with Crippen molar-refractivity contribution in [3.63, 3.8) is 0 Å². The number of nitrogen functional groups attached to an aromatic ring is 1. The maximum atomic E-state index is 12.2. The summed E-state index contributed by atoms with van der Waals surface area (Å²) in [5.74, 6) is -0.460. The lowest BCUT2D eigenvalue weighted by Gasteiger charge is -2.35. The van der Waals surface area contributed by atoms with Gasteiger partial charge in [-0.3, -0.25) is 14.9 Å². The number of imide groups is 1. The third-order valence-electron chi connectivity index (χ3n) is 3.42. The minimum absolute atomic E-state index is 0.213. The first kappa shape index (κ1) is 12.4. The molecule has 0 bridgehead atoms. The Kier molecular flexibility index (Phi) is 3.19. The molecule has 2 amide bonds. The van der Waals surface area contributed by atoms with Crippen molar-refractivity contribution in [2.24, 2.45) is 0 Å². The number of nitrogens with one attached hydrogen (secondary N) is 1. The highest BCUT2D eigenvalue weighted by atomic mass is 16.2. The van der Waals surface area contributed by atoms with Crippen molar-refractivity contribution in [3.05, 3.63) is 42.5 Å². The zero-order valence-corrected chi connectivity index (χ0v) is 10.1. The fourth-order valence-corrected chi connectivity index (χ4v) is 2.39. The topological polar surface area (TPSA) is 72.2 Å². The number of hydrogen-bond acceptors (Lipinski definition) is 3. The number of piperidine rings is 1. The van der Waals surface area contributed by atoms with Crippen LogP contribution in [0.3, 0.4) is 0 Å². The van der Waals surface area contributed by atoms with Crippen molar-refractivity contribution in [2.75, 3.05) is 5.73 Å². The minimum Gasteiger partial charge on any atom is -0.399 e. The van der Waals surface area contributed by atoms with Crippen molar-refractivity contribution in [1.29, 1.82) is 0 Å². The first-order chi connectivity index (χ1) is 8.58. The second-order valence-electron chi connectivity index (χ2n) is 4.57. The van der Waals surface area contributed by atoms with E-state index in [-0.39, 0.29) is 11.8 Å². The molecule has 0 aliphatic carbocycles. The molecule has 1 heterocycles. The molecule has 0 aromatic heterocycles. The number of nitrogens with two attached hydrogens (primary N) is 1. The average molecular weight is 244 g/mol. The fourth-order valence-electron chi connectivity index (χ4n) is 2.39. The molecule has 1 aromatic rings. The van der Waals surface area contributed by atoms with E-state index in [1.165, 1.54) is 0 Å². The van der Waals surface area contributed by atoms with Crippen LogP contribution in [0.2, 0.25) is 0 Å². The van der Waals surface area contributed by atoms with Crippen molar-refractivity contribution in [1.82, 2.24) is 5.32 Å². The molecular formula is C14H16N2O2. The van der Waals surface area contributed by atoms with Gasteiger partial charge in [-0.1, -0.05) is 18.2 Å². The van der Waals surface area contributed by atoms with Crippen LogP contribution < -0.4 is 11.1 Å². The minimum atomic E-state index is -0.691. The predicted octanol–water partition coefficient (Wildman–Crippen LogP) is 1.52. The van der Waals surface area contributed by atoms with E-state index in [9.17, 15) is 9.59 Å². The molecule has 1 fully saturated rings. The van der Waals surface area contributed by atoms with Gasteiger partial charge in [0.1, 0.15) is 0 Å². The Hall–Kier alpha value is -2.10. The van der Waals surface area contributed by atoms with E-state index in [0.29, 0.717) is 24.9 Å². The highest BCUT2D eigenvalue weighted by Gasteiger charge is 2.43. The third-order valence-corrected chi connectivity index (χ3v) is 3.42. The maximum absolute atomic E-state index is 12.2. The number of benzene rings is 1. The highest BCUT2D eigenvalue weighted by molar-refractivity contribution is 6.03. The van der Waals surface area contributed by atoms with E-state index in [1.807, 2.05) is 12.1 Å². The molecule has 1 unspecified atom stereocenters. The highest BCUT2D eigenvalue weighted by Crippen LogP contribution is 2.36. The van der Waals surface area contributed by atoms with Crippen molar-refractivity contribution in [2.45, 2.75) is 24.7 Å². The summed E-state index contributed by atoms with van der Waals surface area (Å²) < 4.78 is 0. The molecule has 4 heteroatoms. The fraction of sp³-hybridized carbons (Fsp3) is 0.286. The Morgan fingerprint density at radius 2 is 2.00 bits per heavy atom. The second-order valence-corrected chi connectivity index (χ2v) is 4.57. The van der Waals surface area contributed by atoms with Crippen LogP contribution >= 0.6 is 0 Å². The van der Waals surface area contributed by atoms with Crippen LogP contribution in [0, 0.1) is 0 Å². The molecule has 1 aromatic carbocycles. The smallest absolute Gasteiger partial charge is 0.237 e. The third kappa shape index (κ3) is 2.01. The summed E-state index contributed by atoms with van der Waals surface area (Å²) in [7, 11) is 0. The van der Waals surface area contributed by atoms with E-state index in [1.54, 1.807) is 18.2 Å². The van der Waals surface area contributed by atoms with Gasteiger partial charge in [0.2, 0.25) is 11.8 Å². The molecule has 1 saturated heterocycles. The van der Waals surface area contributed by atoms with Gasteiger partial charge >= 0.3 is 0 Å². The summed E-state index contributed by atoms with van der Waals surface area (Å²) in [5, 5.41) is 2.41. The van der Waals surface area contributed by atoms with Gasteiger partial charge in [-0.15, -0.1) is 6.58 Å². The Labute approximate surface area is 106 Å². The molecule has 0 radical (unpaired) electrons. The molecule has 1 aliphatic rings. The Bertz CT molecular complexity index is 493. The number of amides is 2. The molecule has 1 aliphatic heterocycles. The molecule has 3 N–H and O–H groups in total. The molecule has 2 rings (SSSR count). The van der Waals surface area contributed by atoms with Gasteiger partial charge < -0.3 is 5.73 Å². The monoisotopic (exact) mass is 244 g/mol. The van der Waals surface area contributed by atoms with E-state index in [2.05, 4.69) is 11.9 Å². The van der Waals surface area contributed by atoms with E-state index in [0.717, 1.165) is 5.56 Å². The number of rotatable bonds is 3. The number of allylic oxidation sites excluding steroid dienone is 1. The summed E-state index contributed by atoms with van der Waals surface area (Å²) >= 11 is 0. The van der Waals surface area contributed by atoms with Crippen molar-refractivity contribution >= 4 is 17.5 Å². The largest absolute Gasteiger partial charge is 0.399 e. The van der Waals surface area contributed by atoms with Crippen molar-refractivity contribution < 1.29 is 9.59 Å². The second kappa shape index (κ2) is 4.64. The van der Waals surface area contributed by atoms with Crippen LogP contribution in [0.4, 0.5) is 5.69 Å². The van der Waals surface area contributed by atoms with Crippen LogP contribution in [0.5, 0.6) is 0 Å². The van der Waals surface area contributed by atoms with Gasteiger partial charge in [-0.25, -0.2) is 0 Å². The number of carbonyl (C=O) groups is 2. The van der Waals surface area contributed by atoms with Gasteiger partial charge in [0.05, 0.1) is 5.41 Å². The lowest BCUT2D eigenvalue weighted by Crippen LogP contribution is -2.51. The Morgan fingerprint density at radius 3 is 2.56 bits per heavy atom. The molecule has 4 nitrogen and oxygen atoms in total. The van der Waals surface area contributed by atoms with Crippen LogP contribution in [0.25, 0.3) is 0 Å². The van der Waals surface area contributed by atoms with E-state index >= 15 is 0 Å². The van der Waals surface area contributed by atoms with Gasteiger partial charge in [-0.2, -0.15) is 0 Å². The molecular weight excluding hydrogens is 228 g/mol. The summed E-state index contributed by atoms with van der Waals surface area (Å²) in [6.45, 7) is 3.71. The van der Waals surface area contributed by atoms with Crippen LogP contribution in [-0.4, -0.2) is 11.8 Å². The molecule has 18 heavy (non-hydrogen) atoms. The maximum Gasteiger partial charge on any atom is 0.237 e. The molecule has 0 saturated carbocycles. The Balaban J connectivity index is 2.43. The zero-order chi connectivity index (χ0) is 13.2. The predicted molar refractivity (Wildman–Crippen MR) is 69.7 cm³/mol. The molecule has 94 valence electrons. The normalized spacial score (nSPS) is 23.6. The summed E-state index contributed by atoms with van der Waals surface area (Å²) in [4.78, 5) is 23.5. The molecule has 1 atom stereocenters.